The van der Waals surface area contributed by atoms with Gasteiger partial charge in [0.2, 0.25) is 5.91 Å². The van der Waals surface area contributed by atoms with Crippen molar-refractivity contribution in [2.75, 3.05) is 5.32 Å². The molecule has 0 radical (unpaired) electrons. The average Bonchev–Trinajstić information content (AvgIpc) is 3.06. The summed E-state index contributed by atoms with van der Waals surface area (Å²) < 4.78 is 0. The van der Waals surface area contributed by atoms with Crippen molar-refractivity contribution < 1.29 is 4.79 Å². The first-order valence-corrected chi connectivity index (χ1v) is 7.35. The highest BCUT2D eigenvalue weighted by molar-refractivity contribution is 5.96. The first-order valence-electron chi connectivity index (χ1n) is 7.35. The molecule has 1 fully saturated rings. The van der Waals surface area contributed by atoms with E-state index < -0.39 is 0 Å². The second-order valence-corrected chi connectivity index (χ2v) is 6.43. The number of rotatable bonds is 4. The first-order chi connectivity index (χ1) is 8.91. The summed E-state index contributed by atoms with van der Waals surface area (Å²) in [7, 11) is 0. The Kier molecular flexibility index (Phi) is 3.98. The molecule has 1 N–H and O–H groups in total. The van der Waals surface area contributed by atoms with Crippen molar-refractivity contribution in [2.45, 2.75) is 52.9 Å². The Balaban J connectivity index is 2.32. The van der Waals surface area contributed by atoms with Gasteiger partial charge in [-0.3, -0.25) is 4.79 Å². The monoisotopic (exact) mass is 259 g/mol. The van der Waals surface area contributed by atoms with Gasteiger partial charge in [0.25, 0.3) is 0 Å². The molecule has 1 aliphatic carbocycles. The number of amides is 1. The third-order valence-electron chi connectivity index (χ3n) is 4.07. The molecule has 0 unspecified atom stereocenters. The van der Waals surface area contributed by atoms with Crippen molar-refractivity contribution in [3.05, 3.63) is 29.3 Å². The van der Waals surface area contributed by atoms with Crippen LogP contribution in [0.4, 0.5) is 5.69 Å². The van der Waals surface area contributed by atoms with Gasteiger partial charge in [-0.2, -0.15) is 0 Å². The number of hydrogen-bond donors (Lipinski definition) is 1. The molecule has 1 aromatic rings. The van der Waals surface area contributed by atoms with Crippen LogP contribution in [0.25, 0.3) is 0 Å². The fourth-order valence-electron chi connectivity index (χ4n) is 2.60. The fourth-order valence-corrected chi connectivity index (χ4v) is 2.60. The molecule has 1 aromatic carbocycles. The van der Waals surface area contributed by atoms with E-state index in [1.807, 2.05) is 0 Å². The Labute approximate surface area is 116 Å². The van der Waals surface area contributed by atoms with Crippen LogP contribution in [-0.2, 0) is 4.79 Å². The second kappa shape index (κ2) is 5.36. The SMILES string of the molecule is CC(C)c1cccc(C(C)C)c1NC(=O)[C@@H]1C[C@H]1C. The number of carbonyl (C=O) groups excluding carboxylic acids is 1. The van der Waals surface area contributed by atoms with Crippen LogP contribution in [0.5, 0.6) is 0 Å². The van der Waals surface area contributed by atoms with Crippen LogP contribution >= 0.6 is 0 Å². The van der Waals surface area contributed by atoms with E-state index in [4.69, 9.17) is 0 Å². The Hall–Kier alpha value is -1.31. The quantitative estimate of drug-likeness (QED) is 0.845. The van der Waals surface area contributed by atoms with Crippen LogP contribution < -0.4 is 5.32 Å². The molecule has 0 bridgehead atoms. The maximum Gasteiger partial charge on any atom is 0.227 e. The molecular formula is C17H25NO. The largest absolute Gasteiger partial charge is 0.325 e. The summed E-state index contributed by atoms with van der Waals surface area (Å²) in [6, 6.07) is 6.35. The van der Waals surface area contributed by atoms with E-state index in [2.05, 4.69) is 58.1 Å². The number of hydrogen-bond acceptors (Lipinski definition) is 1. The van der Waals surface area contributed by atoms with E-state index in [0.717, 1.165) is 12.1 Å². The van der Waals surface area contributed by atoms with Crippen molar-refractivity contribution in [3.8, 4) is 0 Å². The van der Waals surface area contributed by atoms with Gasteiger partial charge in [0.1, 0.15) is 0 Å². The molecule has 0 spiro atoms. The third kappa shape index (κ3) is 2.99. The molecule has 0 saturated heterocycles. The van der Waals surface area contributed by atoms with E-state index in [-0.39, 0.29) is 11.8 Å². The van der Waals surface area contributed by atoms with Crippen molar-refractivity contribution in [1.82, 2.24) is 0 Å². The Bertz CT molecular complexity index is 450. The molecule has 2 rings (SSSR count). The Morgan fingerprint density at radius 3 is 2.00 bits per heavy atom. The highest BCUT2D eigenvalue weighted by Gasteiger charge is 2.39. The second-order valence-electron chi connectivity index (χ2n) is 6.43. The maximum atomic E-state index is 12.2. The van der Waals surface area contributed by atoms with E-state index in [9.17, 15) is 4.79 Å². The first kappa shape index (κ1) is 14.1. The third-order valence-corrected chi connectivity index (χ3v) is 4.07. The maximum absolute atomic E-state index is 12.2. The summed E-state index contributed by atoms with van der Waals surface area (Å²) in [4.78, 5) is 12.2. The summed E-state index contributed by atoms with van der Waals surface area (Å²) in [5.41, 5.74) is 3.54. The van der Waals surface area contributed by atoms with E-state index >= 15 is 0 Å². The molecule has 1 aliphatic rings. The topological polar surface area (TPSA) is 29.1 Å². The van der Waals surface area contributed by atoms with Crippen LogP contribution in [0.1, 0.15) is 64.0 Å². The van der Waals surface area contributed by atoms with Crippen LogP contribution in [0.3, 0.4) is 0 Å². The molecule has 0 heterocycles. The lowest BCUT2D eigenvalue weighted by Gasteiger charge is -2.20. The molecule has 2 heteroatoms. The van der Waals surface area contributed by atoms with Crippen molar-refractivity contribution in [3.63, 3.8) is 0 Å². The molecule has 1 amide bonds. The zero-order valence-electron chi connectivity index (χ0n) is 12.7. The predicted molar refractivity (Wildman–Crippen MR) is 80.5 cm³/mol. The lowest BCUT2D eigenvalue weighted by molar-refractivity contribution is -0.117. The number of anilines is 1. The predicted octanol–water partition coefficient (Wildman–Crippen LogP) is 4.53. The molecule has 0 aromatic heterocycles. The highest BCUT2D eigenvalue weighted by atomic mass is 16.2. The molecule has 2 nitrogen and oxygen atoms in total. The summed E-state index contributed by atoms with van der Waals surface area (Å²) in [5.74, 6) is 1.81. The van der Waals surface area contributed by atoms with Gasteiger partial charge in [-0.1, -0.05) is 52.8 Å². The molecular weight excluding hydrogens is 234 g/mol. The zero-order valence-corrected chi connectivity index (χ0v) is 12.7. The molecule has 19 heavy (non-hydrogen) atoms. The van der Waals surface area contributed by atoms with Crippen LogP contribution in [0, 0.1) is 11.8 Å². The summed E-state index contributed by atoms with van der Waals surface area (Å²) in [6.07, 6.45) is 1.03. The minimum Gasteiger partial charge on any atom is -0.325 e. The molecule has 104 valence electrons. The normalized spacial score (nSPS) is 21.8. The van der Waals surface area contributed by atoms with Crippen molar-refractivity contribution >= 4 is 11.6 Å². The Morgan fingerprint density at radius 2 is 1.63 bits per heavy atom. The van der Waals surface area contributed by atoms with E-state index in [0.29, 0.717) is 17.8 Å². The zero-order chi connectivity index (χ0) is 14.2. The van der Waals surface area contributed by atoms with Gasteiger partial charge in [0.15, 0.2) is 0 Å². The highest BCUT2D eigenvalue weighted by Crippen LogP contribution is 2.40. The van der Waals surface area contributed by atoms with Crippen LogP contribution in [-0.4, -0.2) is 5.91 Å². The summed E-state index contributed by atoms with van der Waals surface area (Å²) in [6.45, 7) is 10.8. The van der Waals surface area contributed by atoms with Gasteiger partial charge >= 0.3 is 0 Å². The fraction of sp³-hybridized carbons (Fsp3) is 0.588. The van der Waals surface area contributed by atoms with Gasteiger partial charge in [-0.25, -0.2) is 0 Å². The van der Waals surface area contributed by atoms with E-state index in [1.54, 1.807) is 0 Å². The van der Waals surface area contributed by atoms with Crippen LogP contribution in [0.2, 0.25) is 0 Å². The minimum atomic E-state index is 0.197. The smallest absolute Gasteiger partial charge is 0.227 e. The number of nitrogens with one attached hydrogen (secondary N) is 1. The molecule has 1 saturated carbocycles. The van der Waals surface area contributed by atoms with Gasteiger partial charge in [0.05, 0.1) is 0 Å². The lowest BCUT2D eigenvalue weighted by Crippen LogP contribution is -2.18. The van der Waals surface area contributed by atoms with Crippen molar-refractivity contribution in [1.29, 1.82) is 0 Å². The van der Waals surface area contributed by atoms with Gasteiger partial charge in [-0.15, -0.1) is 0 Å². The van der Waals surface area contributed by atoms with Crippen molar-refractivity contribution in [2.24, 2.45) is 11.8 Å². The minimum absolute atomic E-state index is 0.197. The summed E-state index contributed by atoms with van der Waals surface area (Å²) >= 11 is 0. The van der Waals surface area contributed by atoms with Gasteiger partial charge in [-0.05, 0) is 35.3 Å². The lowest BCUT2D eigenvalue weighted by atomic mass is 9.92. The van der Waals surface area contributed by atoms with Gasteiger partial charge < -0.3 is 5.32 Å². The standard InChI is InChI=1S/C17H25NO/c1-10(2)13-7-6-8-14(11(3)4)16(13)18-17(19)15-9-12(15)5/h6-8,10-12,15H,9H2,1-5H3,(H,18,19)/t12-,15-/m1/s1. The molecule has 2 atom stereocenters. The number of benzene rings is 1. The molecule has 0 aliphatic heterocycles. The van der Waals surface area contributed by atoms with Gasteiger partial charge in [0, 0.05) is 11.6 Å². The van der Waals surface area contributed by atoms with E-state index in [1.165, 1.54) is 11.1 Å². The average molecular weight is 259 g/mol. The number of carbonyl (C=O) groups is 1. The number of para-hydroxylation sites is 1. The summed E-state index contributed by atoms with van der Waals surface area (Å²) in [5, 5.41) is 3.20. The van der Waals surface area contributed by atoms with Crippen LogP contribution in [0.15, 0.2) is 18.2 Å². The Morgan fingerprint density at radius 1 is 1.16 bits per heavy atom.